The number of aliphatic hydroxyl groups excluding tert-OH is 1. The number of carbonyl (C=O) groups excluding carboxylic acids is 2. The maximum atomic E-state index is 12.8. The number of ketones is 1. The fourth-order valence-electron chi connectivity index (χ4n) is 4.02. The molecule has 154 valence electrons. The Bertz CT molecular complexity index is 1180. The van der Waals surface area contributed by atoms with Gasteiger partial charge in [-0.1, -0.05) is 12.1 Å². The molecule has 0 radical (unpaired) electrons. The third-order valence-corrected chi connectivity index (χ3v) is 5.47. The first-order valence-corrected chi connectivity index (χ1v) is 9.58. The maximum absolute atomic E-state index is 12.8. The minimum Gasteiger partial charge on any atom is -0.508 e. The fraction of sp³-hybridized carbons (Fsp3) is 0.217. The van der Waals surface area contributed by atoms with E-state index in [2.05, 4.69) is 4.98 Å². The summed E-state index contributed by atoms with van der Waals surface area (Å²) < 4.78 is 5.30. The first-order chi connectivity index (χ1) is 14.4. The van der Waals surface area contributed by atoms with Gasteiger partial charge in [-0.05, 0) is 54.8 Å². The summed E-state index contributed by atoms with van der Waals surface area (Å²) in [7, 11) is 1.61. The first kappa shape index (κ1) is 19.6. The number of benzene rings is 2. The van der Waals surface area contributed by atoms with Crippen molar-refractivity contribution < 1.29 is 24.5 Å². The van der Waals surface area contributed by atoms with E-state index in [9.17, 15) is 19.8 Å². The minimum atomic E-state index is -0.748. The van der Waals surface area contributed by atoms with Crippen LogP contribution in [0.2, 0.25) is 0 Å². The molecule has 0 aliphatic carbocycles. The van der Waals surface area contributed by atoms with E-state index < -0.39 is 17.7 Å². The van der Waals surface area contributed by atoms with Crippen LogP contribution in [-0.2, 0) is 16.0 Å². The van der Waals surface area contributed by atoms with E-state index in [1.165, 1.54) is 24.0 Å². The van der Waals surface area contributed by atoms with Gasteiger partial charge < -0.3 is 24.8 Å². The Morgan fingerprint density at radius 3 is 2.70 bits per heavy atom. The number of nitrogens with zero attached hydrogens (tertiary/aromatic N) is 1. The van der Waals surface area contributed by atoms with Gasteiger partial charge >= 0.3 is 0 Å². The zero-order valence-corrected chi connectivity index (χ0v) is 16.7. The van der Waals surface area contributed by atoms with E-state index in [4.69, 9.17) is 4.74 Å². The number of rotatable bonds is 6. The summed E-state index contributed by atoms with van der Waals surface area (Å²) in [5.74, 6) is -0.745. The molecule has 3 aromatic rings. The van der Waals surface area contributed by atoms with Crippen LogP contribution in [-0.4, -0.2) is 45.4 Å². The van der Waals surface area contributed by atoms with Crippen LogP contribution in [0, 0.1) is 0 Å². The molecule has 4 rings (SSSR count). The standard InChI is InChI=1S/C23H22N2O5/c1-13(26)20-21(14-4-3-5-16(27)10-14)25(23(29)22(20)28)9-8-15-12-24-19-7-6-17(30-2)11-18(15)19/h3-7,10-12,21,24,27-28H,8-9H2,1-2H3. The van der Waals surface area contributed by atoms with E-state index in [1.54, 1.807) is 19.2 Å². The predicted molar refractivity (Wildman–Crippen MR) is 111 cm³/mol. The van der Waals surface area contributed by atoms with Crippen LogP contribution >= 0.6 is 0 Å². The molecule has 1 aliphatic heterocycles. The molecule has 0 fully saturated rings. The number of Topliss-reactive ketones (excluding diaryl/α,β-unsaturated/α-hetero) is 1. The third kappa shape index (κ3) is 3.28. The number of amides is 1. The van der Waals surface area contributed by atoms with Crippen molar-refractivity contribution in [1.29, 1.82) is 0 Å². The highest BCUT2D eigenvalue weighted by molar-refractivity contribution is 6.08. The Morgan fingerprint density at radius 2 is 2.00 bits per heavy atom. The van der Waals surface area contributed by atoms with Crippen molar-refractivity contribution in [3.8, 4) is 11.5 Å². The second-order valence-corrected chi connectivity index (χ2v) is 7.29. The number of hydrogen-bond donors (Lipinski definition) is 3. The van der Waals surface area contributed by atoms with Crippen molar-refractivity contribution in [1.82, 2.24) is 9.88 Å². The van der Waals surface area contributed by atoms with E-state index in [1.807, 2.05) is 24.4 Å². The van der Waals surface area contributed by atoms with Crippen LogP contribution in [0.25, 0.3) is 10.9 Å². The molecular weight excluding hydrogens is 384 g/mol. The van der Waals surface area contributed by atoms with Crippen molar-refractivity contribution >= 4 is 22.6 Å². The summed E-state index contributed by atoms with van der Waals surface area (Å²) in [5, 5.41) is 21.2. The lowest BCUT2D eigenvalue weighted by Crippen LogP contribution is -2.32. The quantitative estimate of drug-likeness (QED) is 0.582. The first-order valence-electron chi connectivity index (χ1n) is 9.58. The van der Waals surface area contributed by atoms with Crippen molar-refractivity contribution in [3.05, 3.63) is 71.1 Å². The van der Waals surface area contributed by atoms with Crippen LogP contribution in [0.15, 0.2) is 60.0 Å². The molecule has 0 saturated carbocycles. The van der Waals surface area contributed by atoms with Crippen LogP contribution < -0.4 is 4.74 Å². The molecule has 1 amide bonds. The number of fused-ring (bicyclic) bond motifs is 1. The van der Waals surface area contributed by atoms with Gasteiger partial charge in [0.15, 0.2) is 11.5 Å². The van der Waals surface area contributed by atoms with Crippen molar-refractivity contribution in [2.45, 2.75) is 19.4 Å². The summed E-state index contributed by atoms with van der Waals surface area (Å²) in [6, 6.07) is 11.4. The van der Waals surface area contributed by atoms with Gasteiger partial charge in [-0.2, -0.15) is 0 Å². The zero-order valence-electron chi connectivity index (χ0n) is 16.7. The highest BCUT2D eigenvalue weighted by Crippen LogP contribution is 2.38. The van der Waals surface area contributed by atoms with Crippen molar-refractivity contribution in [2.24, 2.45) is 0 Å². The lowest BCUT2D eigenvalue weighted by atomic mass is 9.96. The molecule has 0 spiro atoms. The number of ether oxygens (including phenoxy) is 1. The summed E-state index contributed by atoms with van der Waals surface area (Å²) in [4.78, 5) is 29.7. The summed E-state index contributed by atoms with van der Waals surface area (Å²) in [5.41, 5.74) is 2.56. The molecule has 0 saturated heterocycles. The lowest BCUT2D eigenvalue weighted by molar-refractivity contribution is -0.129. The second-order valence-electron chi connectivity index (χ2n) is 7.29. The number of methoxy groups -OCH3 is 1. The number of aromatic nitrogens is 1. The molecule has 2 heterocycles. The number of phenols is 1. The zero-order chi connectivity index (χ0) is 21.4. The molecule has 1 unspecified atom stereocenters. The Morgan fingerprint density at radius 1 is 1.20 bits per heavy atom. The SMILES string of the molecule is COc1ccc2[nH]cc(CCN3C(=O)C(O)=C(C(C)=O)C3c3cccc(O)c3)c2c1. The molecule has 7 heteroatoms. The van der Waals surface area contributed by atoms with Gasteiger partial charge in [0.2, 0.25) is 0 Å². The van der Waals surface area contributed by atoms with E-state index in [0.717, 1.165) is 22.2 Å². The van der Waals surface area contributed by atoms with Gasteiger partial charge in [0.05, 0.1) is 18.7 Å². The number of H-pyrrole nitrogens is 1. The van der Waals surface area contributed by atoms with Crippen LogP contribution in [0.5, 0.6) is 11.5 Å². The highest BCUT2D eigenvalue weighted by atomic mass is 16.5. The van der Waals surface area contributed by atoms with E-state index >= 15 is 0 Å². The number of hydrogen-bond acceptors (Lipinski definition) is 5. The average molecular weight is 406 g/mol. The Balaban J connectivity index is 1.67. The summed E-state index contributed by atoms with van der Waals surface area (Å²) in [6.45, 7) is 1.61. The molecule has 1 aromatic heterocycles. The third-order valence-electron chi connectivity index (χ3n) is 5.47. The normalized spacial score (nSPS) is 16.5. The fourth-order valence-corrected chi connectivity index (χ4v) is 4.02. The maximum Gasteiger partial charge on any atom is 0.290 e. The molecule has 1 atom stereocenters. The average Bonchev–Trinajstić information content (AvgIpc) is 3.24. The van der Waals surface area contributed by atoms with Gasteiger partial charge in [-0.25, -0.2) is 0 Å². The van der Waals surface area contributed by atoms with E-state index in [0.29, 0.717) is 12.0 Å². The van der Waals surface area contributed by atoms with E-state index in [-0.39, 0.29) is 23.7 Å². The number of nitrogens with one attached hydrogen (secondary N) is 1. The molecule has 30 heavy (non-hydrogen) atoms. The topological polar surface area (TPSA) is 103 Å². The molecule has 0 bridgehead atoms. The Kier molecular flexibility index (Phi) is 4.95. The largest absolute Gasteiger partial charge is 0.508 e. The molecule has 7 nitrogen and oxygen atoms in total. The van der Waals surface area contributed by atoms with Gasteiger partial charge in [0, 0.05) is 23.6 Å². The number of carbonyl (C=O) groups is 2. The number of aromatic hydroxyl groups is 1. The second kappa shape index (κ2) is 7.59. The molecule has 2 aromatic carbocycles. The molecule has 3 N–H and O–H groups in total. The van der Waals surface area contributed by atoms with Crippen LogP contribution in [0.4, 0.5) is 0 Å². The van der Waals surface area contributed by atoms with Gasteiger partial charge in [-0.3, -0.25) is 9.59 Å². The lowest BCUT2D eigenvalue weighted by Gasteiger charge is -2.26. The minimum absolute atomic E-state index is 0.0258. The van der Waals surface area contributed by atoms with Crippen molar-refractivity contribution in [2.75, 3.05) is 13.7 Å². The smallest absolute Gasteiger partial charge is 0.290 e. The summed E-state index contributed by atoms with van der Waals surface area (Å²) >= 11 is 0. The van der Waals surface area contributed by atoms with Gasteiger partial charge in [0.25, 0.3) is 5.91 Å². The highest BCUT2D eigenvalue weighted by Gasteiger charge is 2.42. The number of phenolic OH excluding ortho intramolecular Hbond substituents is 1. The van der Waals surface area contributed by atoms with Crippen molar-refractivity contribution in [3.63, 3.8) is 0 Å². The molecule has 1 aliphatic rings. The Labute approximate surface area is 173 Å². The molecular formula is C23H22N2O5. The number of aromatic amines is 1. The van der Waals surface area contributed by atoms with Gasteiger partial charge in [-0.15, -0.1) is 0 Å². The predicted octanol–water partition coefficient (Wildman–Crippen LogP) is 3.41. The monoisotopic (exact) mass is 406 g/mol. The summed E-state index contributed by atoms with van der Waals surface area (Å²) in [6.07, 6.45) is 2.39. The van der Waals surface area contributed by atoms with Gasteiger partial charge in [0.1, 0.15) is 11.5 Å². The van der Waals surface area contributed by atoms with Crippen LogP contribution in [0.3, 0.4) is 0 Å². The van der Waals surface area contributed by atoms with Crippen LogP contribution in [0.1, 0.15) is 24.1 Å². The Hall–Kier alpha value is -3.74. The number of aliphatic hydroxyl groups is 1.